The second kappa shape index (κ2) is 5.05. The Hall–Kier alpha value is -1.09. The molecule has 2 atom stereocenters. The van der Waals surface area contributed by atoms with E-state index in [0.29, 0.717) is 11.7 Å². The minimum atomic E-state index is -0.202. The third-order valence-corrected chi connectivity index (χ3v) is 3.75. The van der Waals surface area contributed by atoms with Crippen LogP contribution in [-0.4, -0.2) is 17.5 Å². The van der Waals surface area contributed by atoms with E-state index in [1.54, 1.807) is 12.1 Å². The maximum Gasteiger partial charge on any atom is 0.123 e. The molecule has 0 spiro atoms. The monoisotopic (exact) mass is 236 g/mol. The van der Waals surface area contributed by atoms with Crippen molar-refractivity contribution in [2.24, 2.45) is 5.92 Å². The molecule has 1 aromatic carbocycles. The lowest BCUT2D eigenvalue weighted by molar-refractivity contribution is 0.122. The summed E-state index contributed by atoms with van der Waals surface area (Å²) in [5.41, 5.74) is 7.49. The van der Waals surface area contributed by atoms with Gasteiger partial charge < -0.3 is 5.73 Å². The van der Waals surface area contributed by atoms with Crippen LogP contribution in [0.1, 0.15) is 32.3 Å². The molecule has 2 unspecified atom stereocenters. The molecule has 2 N–H and O–H groups in total. The highest BCUT2D eigenvalue weighted by Crippen LogP contribution is 2.25. The van der Waals surface area contributed by atoms with E-state index in [0.717, 1.165) is 24.6 Å². The number of nitrogens with two attached hydrogens (primary N) is 1. The Kier molecular flexibility index (Phi) is 3.67. The fraction of sp³-hybridized carbons (Fsp3) is 0.571. The summed E-state index contributed by atoms with van der Waals surface area (Å²) < 4.78 is 13.2. The molecule has 0 radical (unpaired) electrons. The molecule has 1 saturated heterocycles. The van der Waals surface area contributed by atoms with Crippen LogP contribution in [-0.2, 0) is 6.54 Å². The third kappa shape index (κ3) is 2.97. The number of rotatable bonds is 2. The number of nitrogens with zero attached hydrogens (tertiary/aromatic N) is 1. The predicted octanol–water partition coefficient (Wildman–Crippen LogP) is 3.03. The van der Waals surface area contributed by atoms with Crippen molar-refractivity contribution in [2.75, 3.05) is 12.3 Å². The highest BCUT2D eigenvalue weighted by Gasteiger charge is 2.23. The van der Waals surface area contributed by atoms with Gasteiger partial charge in [-0.15, -0.1) is 0 Å². The molecule has 1 aromatic rings. The van der Waals surface area contributed by atoms with Crippen LogP contribution < -0.4 is 5.73 Å². The molecule has 2 nitrogen and oxygen atoms in total. The van der Waals surface area contributed by atoms with Crippen LogP contribution in [0.15, 0.2) is 18.2 Å². The van der Waals surface area contributed by atoms with Crippen LogP contribution in [0.3, 0.4) is 0 Å². The minimum absolute atomic E-state index is 0.202. The molecule has 94 valence electrons. The number of benzene rings is 1. The Labute approximate surface area is 103 Å². The van der Waals surface area contributed by atoms with E-state index >= 15 is 0 Å². The molecule has 1 heterocycles. The normalized spacial score (nSPS) is 26.1. The molecule has 1 aliphatic rings. The average molecular weight is 236 g/mol. The fourth-order valence-electron chi connectivity index (χ4n) is 2.62. The van der Waals surface area contributed by atoms with Crippen LogP contribution in [0.4, 0.5) is 10.1 Å². The van der Waals surface area contributed by atoms with Crippen molar-refractivity contribution >= 4 is 5.69 Å². The van der Waals surface area contributed by atoms with Crippen molar-refractivity contribution in [1.29, 1.82) is 0 Å². The zero-order chi connectivity index (χ0) is 12.4. The van der Waals surface area contributed by atoms with Gasteiger partial charge in [0.15, 0.2) is 0 Å². The molecule has 0 aliphatic carbocycles. The quantitative estimate of drug-likeness (QED) is 0.800. The highest BCUT2D eigenvalue weighted by molar-refractivity contribution is 5.46. The van der Waals surface area contributed by atoms with E-state index in [9.17, 15) is 4.39 Å². The molecule has 0 saturated carbocycles. The van der Waals surface area contributed by atoms with E-state index < -0.39 is 0 Å². The van der Waals surface area contributed by atoms with Gasteiger partial charge in [-0.1, -0.05) is 6.92 Å². The van der Waals surface area contributed by atoms with Crippen molar-refractivity contribution in [2.45, 2.75) is 39.3 Å². The second-order valence-electron chi connectivity index (χ2n) is 5.29. The van der Waals surface area contributed by atoms with E-state index in [1.807, 2.05) is 0 Å². The van der Waals surface area contributed by atoms with Crippen molar-refractivity contribution in [3.8, 4) is 0 Å². The summed E-state index contributed by atoms with van der Waals surface area (Å²) in [6, 6.07) is 5.18. The van der Waals surface area contributed by atoms with Gasteiger partial charge in [0.1, 0.15) is 5.82 Å². The van der Waals surface area contributed by atoms with Gasteiger partial charge in [0.25, 0.3) is 0 Å². The van der Waals surface area contributed by atoms with Crippen LogP contribution in [0.25, 0.3) is 0 Å². The van der Waals surface area contributed by atoms with Gasteiger partial charge in [0, 0.05) is 18.3 Å². The molecule has 17 heavy (non-hydrogen) atoms. The van der Waals surface area contributed by atoms with Gasteiger partial charge in [0.05, 0.1) is 0 Å². The molecule has 1 aliphatic heterocycles. The number of likely N-dealkylation sites (tertiary alicyclic amines) is 1. The van der Waals surface area contributed by atoms with Crippen LogP contribution >= 0.6 is 0 Å². The Bertz CT molecular complexity index is 392. The van der Waals surface area contributed by atoms with Crippen LogP contribution in [0.5, 0.6) is 0 Å². The molecule has 2 rings (SSSR count). The number of hydrogen-bond acceptors (Lipinski definition) is 2. The predicted molar refractivity (Wildman–Crippen MR) is 69.1 cm³/mol. The first kappa shape index (κ1) is 12.4. The molecule has 1 fully saturated rings. The Morgan fingerprint density at radius 2 is 2.18 bits per heavy atom. The lowest BCUT2D eigenvalue weighted by Gasteiger charge is -2.36. The summed E-state index contributed by atoms with van der Waals surface area (Å²) in [5.74, 6) is 0.596. The van der Waals surface area contributed by atoms with Gasteiger partial charge in [-0.3, -0.25) is 4.90 Å². The zero-order valence-corrected chi connectivity index (χ0v) is 10.6. The van der Waals surface area contributed by atoms with Gasteiger partial charge in [-0.05, 0) is 56.0 Å². The van der Waals surface area contributed by atoms with Crippen LogP contribution in [0, 0.1) is 11.7 Å². The first-order chi connectivity index (χ1) is 8.06. The number of halogens is 1. The minimum Gasteiger partial charge on any atom is -0.398 e. The summed E-state index contributed by atoms with van der Waals surface area (Å²) in [7, 11) is 0. The van der Waals surface area contributed by atoms with Crippen molar-refractivity contribution < 1.29 is 4.39 Å². The number of anilines is 1. The SMILES string of the molecule is CC1CCN(Cc2cc(F)ccc2N)C(C)C1. The lowest BCUT2D eigenvalue weighted by atomic mass is 9.93. The maximum atomic E-state index is 13.2. The van der Waals surface area contributed by atoms with Crippen LogP contribution in [0.2, 0.25) is 0 Å². The first-order valence-corrected chi connectivity index (χ1v) is 6.34. The fourth-order valence-corrected chi connectivity index (χ4v) is 2.62. The van der Waals surface area contributed by atoms with Crippen molar-refractivity contribution in [1.82, 2.24) is 4.90 Å². The summed E-state index contributed by atoms with van der Waals surface area (Å²) in [4.78, 5) is 2.39. The summed E-state index contributed by atoms with van der Waals surface area (Å²) in [6.45, 7) is 6.38. The smallest absolute Gasteiger partial charge is 0.123 e. The summed E-state index contributed by atoms with van der Waals surface area (Å²) in [5, 5.41) is 0. The first-order valence-electron chi connectivity index (χ1n) is 6.34. The molecule has 3 heteroatoms. The van der Waals surface area contributed by atoms with E-state index in [2.05, 4.69) is 18.7 Å². The van der Waals surface area contributed by atoms with Gasteiger partial charge >= 0.3 is 0 Å². The largest absolute Gasteiger partial charge is 0.398 e. The van der Waals surface area contributed by atoms with E-state index in [4.69, 9.17) is 5.73 Å². The summed E-state index contributed by atoms with van der Waals surface area (Å²) >= 11 is 0. The standard InChI is InChI=1S/C14H21FN2/c1-10-5-6-17(11(2)7-10)9-12-8-13(15)3-4-14(12)16/h3-4,8,10-11H,5-7,9,16H2,1-2H3. The second-order valence-corrected chi connectivity index (χ2v) is 5.29. The Morgan fingerprint density at radius 1 is 1.41 bits per heavy atom. The third-order valence-electron chi connectivity index (χ3n) is 3.75. The van der Waals surface area contributed by atoms with Gasteiger partial charge in [-0.25, -0.2) is 4.39 Å². The summed E-state index contributed by atoms with van der Waals surface area (Å²) in [6.07, 6.45) is 2.44. The number of nitrogen functional groups attached to an aromatic ring is 1. The van der Waals surface area contributed by atoms with Gasteiger partial charge in [0.2, 0.25) is 0 Å². The number of hydrogen-bond donors (Lipinski definition) is 1. The Morgan fingerprint density at radius 3 is 2.88 bits per heavy atom. The molecule has 0 amide bonds. The van der Waals surface area contributed by atoms with Crippen molar-refractivity contribution in [3.63, 3.8) is 0 Å². The van der Waals surface area contributed by atoms with Crippen molar-refractivity contribution in [3.05, 3.63) is 29.6 Å². The molecule has 0 aromatic heterocycles. The lowest BCUT2D eigenvalue weighted by Crippen LogP contribution is -2.39. The molecule has 0 bridgehead atoms. The zero-order valence-electron chi connectivity index (χ0n) is 10.6. The topological polar surface area (TPSA) is 29.3 Å². The maximum absolute atomic E-state index is 13.2. The molecular weight excluding hydrogens is 215 g/mol. The van der Waals surface area contributed by atoms with Gasteiger partial charge in [-0.2, -0.15) is 0 Å². The average Bonchev–Trinajstić information content (AvgIpc) is 2.27. The highest BCUT2D eigenvalue weighted by atomic mass is 19.1. The van der Waals surface area contributed by atoms with E-state index in [-0.39, 0.29) is 5.82 Å². The van der Waals surface area contributed by atoms with E-state index in [1.165, 1.54) is 18.9 Å². The molecular formula is C14H21FN2. The Balaban J connectivity index is 2.07. The number of piperidine rings is 1.